The van der Waals surface area contributed by atoms with Crippen LogP contribution in [0.4, 0.5) is 0 Å². The van der Waals surface area contributed by atoms with Gasteiger partial charge in [-0.3, -0.25) is 4.79 Å². The highest BCUT2D eigenvalue weighted by molar-refractivity contribution is 7.10. The molecule has 1 saturated carbocycles. The molecule has 2 rings (SSSR count). The van der Waals surface area contributed by atoms with Gasteiger partial charge in [0, 0.05) is 10.9 Å². The van der Waals surface area contributed by atoms with E-state index in [2.05, 4.69) is 11.4 Å². The van der Waals surface area contributed by atoms with E-state index >= 15 is 0 Å². The summed E-state index contributed by atoms with van der Waals surface area (Å²) in [4.78, 5) is 12.6. The zero-order chi connectivity index (χ0) is 11.4. The van der Waals surface area contributed by atoms with Crippen LogP contribution in [0.15, 0.2) is 17.5 Å². The van der Waals surface area contributed by atoms with Crippen molar-refractivity contribution in [1.29, 1.82) is 0 Å². The fourth-order valence-electron chi connectivity index (χ4n) is 1.84. The van der Waals surface area contributed by atoms with E-state index in [9.17, 15) is 4.79 Å². The highest BCUT2D eigenvalue weighted by Crippen LogP contribution is 2.27. The molecular weight excluding hydrogens is 222 g/mol. The van der Waals surface area contributed by atoms with Crippen LogP contribution in [0.2, 0.25) is 0 Å². The molecule has 1 aromatic heterocycles. The predicted octanol–water partition coefficient (Wildman–Crippen LogP) is 2.49. The second-order valence-electron chi connectivity index (χ2n) is 4.14. The third-order valence-corrected chi connectivity index (χ3v) is 4.01. The van der Waals surface area contributed by atoms with Crippen molar-refractivity contribution in [3.63, 3.8) is 0 Å². The standard InChI is InChI=1S/C12H17NO2S/c1-15-12(14)8-10(11-6-3-7-16-11)13-9-4-2-5-9/h3,6-7,9-10,13H,2,4-5,8H2,1H3. The zero-order valence-corrected chi connectivity index (χ0v) is 10.3. The quantitative estimate of drug-likeness (QED) is 0.802. The first kappa shape index (κ1) is 11.6. The van der Waals surface area contributed by atoms with Gasteiger partial charge in [0.1, 0.15) is 0 Å². The van der Waals surface area contributed by atoms with Crippen LogP contribution in [0, 0.1) is 0 Å². The summed E-state index contributed by atoms with van der Waals surface area (Å²) in [5, 5.41) is 5.57. The second-order valence-corrected chi connectivity index (χ2v) is 5.12. The molecule has 1 unspecified atom stereocenters. The summed E-state index contributed by atoms with van der Waals surface area (Å²) < 4.78 is 4.74. The van der Waals surface area contributed by atoms with Crippen LogP contribution in [-0.2, 0) is 9.53 Å². The second kappa shape index (κ2) is 5.46. The summed E-state index contributed by atoms with van der Waals surface area (Å²) in [5.74, 6) is -0.148. The maximum atomic E-state index is 11.3. The summed E-state index contributed by atoms with van der Waals surface area (Å²) in [6.07, 6.45) is 4.17. The van der Waals surface area contributed by atoms with Gasteiger partial charge in [-0.2, -0.15) is 0 Å². The minimum absolute atomic E-state index is 0.123. The Labute approximate surface area is 99.8 Å². The van der Waals surface area contributed by atoms with E-state index < -0.39 is 0 Å². The lowest BCUT2D eigenvalue weighted by atomic mass is 9.92. The number of ether oxygens (including phenoxy) is 1. The van der Waals surface area contributed by atoms with E-state index in [1.54, 1.807) is 11.3 Å². The van der Waals surface area contributed by atoms with E-state index in [0.717, 1.165) is 0 Å². The molecule has 1 aromatic rings. The molecular formula is C12H17NO2S. The van der Waals surface area contributed by atoms with Crippen LogP contribution in [0.25, 0.3) is 0 Å². The van der Waals surface area contributed by atoms with Gasteiger partial charge in [-0.25, -0.2) is 0 Å². The molecule has 0 amide bonds. The Morgan fingerprint density at radius 1 is 1.69 bits per heavy atom. The molecule has 1 fully saturated rings. The number of esters is 1. The number of methoxy groups -OCH3 is 1. The van der Waals surface area contributed by atoms with E-state index in [4.69, 9.17) is 4.74 Å². The Morgan fingerprint density at radius 2 is 2.50 bits per heavy atom. The molecule has 88 valence electrons. The van der Waals surface area contributed by atoms with Crippen molar-refractivity contribution >= 4 is 17.3 Å². The van der Waals surface area contributed by atoms with Crippen molar-refractivity contribution in [2.24, 2.45) is 0 Å². The monoisotopic (exact) mass is 239 g/mol. The minimum atomic E-state index is -0.148. The molecule has 1 atom stereocenters. The third-order valence-electron chi connectivity index (χ3n) is 3.03. The van der Waals surface area contributed by atoms with Gasteiger partial charge in [0.2, 0.25) is 0 Å². The molecule has 0 saturated heterocycles. The average Bonchev–Trinajstić information content (AvgIpc) is 2.74. The molecule has 0 bridgehead atoms. The van der Waals surface area contributed by atoms with Crippen molar-refractivity contribution in [3.8, 4) is 0 Å². The number of thiophene rings is 1. The summed E-state index contributed by atoms with van der Waals surface area (Å²) >= 11 is 1.69. The van der Waals surface area contributed by atoms with Gasteiger partial charge in [0.15, 0.2) is 0 Å². The fourth-order valence-corrected chi connectivity index (χ4v) is 2.63. The maximum Gasteiger partial charge on any atom is 0.307 e. The summed E-state index contributed by atoms with van der Waals surface area (Å²) in [5.41, 5.74) is 0. The number of carbonyl (C=O) groups excluding carboxylic acids is 1. The number of hydrogen-bond acceptors (Lipinski definition) is 4. The summed E-state index contributed by atoms with van der Waals surface area (Å²) in [6.45, 7) is 0. The van der Waals surface area contributed by atoms with E-state index in [0.29, 0.717) is 12.5 Å². The Bertz CT molecular complexity index is 333. The fraction of sp³-hybridized carbons (Fsp3) is 0.583. The lowest BCUT2D eigenvalue weighted by molar-refractivity contribution is -0.141. The van der Waals surface area contributed by atoms with Crippen molar-refractivity contribution in [1.82, 2.24) is 5.32 Å². The zero-order valence-electron chi connectivity index (χ0n) is 9.44. The van der Waals surface area contributed by atoms with E-state index in [1.807, 2.05) is 11.4 Å². The van der Waals surface area contributed by atoms with Crippen LogP contribution in [0.5, 0.6) is 0 Å². The number of hydrogen-bond donors (Lipinski definition) is 1. The van der Waals surface area contributed by atoms with Crippen molar-refractivity contribution in [3.05, 3.63) is 22.4 Å². The molecule has 16 heavy (non-hydrogen) atoms. The molecule has 0 aliphatic heterocycles. The average molecular weight is 239 g/mol. The largest absolute Gasteiger partial charge is 0.469 e. The molecule has 1 aliphatic carbocycles. The number of carbonyl (C=O) groups is 1. The highest BCUT2D eigenvalue weighted by atomic mass is 32.1. The maximum absolute atomic E-state index is 11.3. The van der Waals surface area contributed by atoms with Gasteiger partial charge in [-0.1, -0.05) is 12.5 Å². The molecule has 1 aliphatic rings. The van der Waals surface area contributed by atoms with Gasteiger partial charge in [0.25, 0.3) is 0 Å². The van der Waals surface area contributed by atoms with E-state index in [1.165, 1.54) is 31.2 Å². The Balaban J connectivity index is 1.97. The molecule has 3 nitrogen and oxygen atoms in total. The van der Waals surface area contributed by atoms with Crippen molar-refractivity contribution in [2.75, 3.05) is 7.11 Å². The minimum Gasteiger partial charge on any atom is -0.469 e. The number of rotatable bonds is 5. The van der Waals surface area contributed by atoms with Crippen LogP contribution in [0.3, 0.4) is 0 Å². The summed E-state index contributed by atoms with van der Waals surface area (Å²) in [6, 6.07) is 4.80. The van der Waals surface area contributed by atoms with Crippen LogP contribution < -0.4 is 5.32 Å². The molecule has 1 N–H and O–H groups in total. The molecule has 0 radical (unpaired) electrons. The van der Waals surface area contributed by atoms with Crippen LogP contribution in [-0.4, -0.2) is 19.1 Å². The van der Waals surface area contributed by atoms with Crippen molar-refractivity contribution < 1.29 is 9.53 Å². The molecule has 4 heteroatoms. The normalized spacial score (nSPS) is 17.8. The molecule has 0 aromatic carbocycles. The van der Waals surface area contributed by atoms with Gasteiger partial charge >= 0.3 is 5.97 Å². The Kier molecular flexibility index (Phi) is 3.96. The summed E-state index contributed by atoms with van der Waals surface area (Å²) in [7, 11) is 1.44. The first-order valence-electron chi connectivity index (χ1n) is 5.66. The number of nitrogens with one attached hydrogen (secondary N) is 1. The SMILES string of the molecule is COC(=O)CC(NC1CCC1)c1cccs1. The first-order valence-corrected chi connectivity index (χ1v) is 6.54. The Hall–Kier alpha value is -0.870. The highest BCUT2D eigenvalue weighted by Gasteiger charge is 2.24. The third kappa shape index (κ3) is 2.83. The first-order chi connectivity index (χ1) is 7.79. The van der Waals surface area contributed by atoms with Gasteiger partial charge in [0.05, 0.1) is 19.6 Å². The lowest BCUT2D eigenvalue weighted by Gasteiger charge is -2.30. The lowest BCUT2D eigenvalue weighted by Crippen LogP contribution is -2.38. The molecule has 0 spiro atoms. The van der Waals surface area contributed by atoms with Gasteiger partial charge in [-0.05, 0) is 24.3 Å². The van der Waals surface area contributed by atoms with Crippen molar-refractivity contribution in [2.45, 2.75) is 37.8 Å². The topological polar surface area (TPSA) is 38.3 Å². The van der Waals surface area contributed by atoms with E-state index in [-0.39, 0.29) is 12.0 Å². The predicted molar refractivity (Wildman–Crippen MR) is 64.5 cm³/mol. The van der Waals surface area contributed by atoms with Gasteiger partial charge < -0.3 is 10.1 Å². The smallest absolute Gasteiger partial charge is 0.307 e. The van der Waals surface area contributed by atoms with Crippen LogP contribution >= 0.6 is 11.3 Å². The van der Waals surface area contributed by atoms with Gasteiger partial charge in [-0.15, -0.1) is 11.3 Å². The van der Waals surface area contributed by atoms with Crippen LogP contribution in [0.1, 0.15) is 36.6 Å². The molecule has 1 heterocycles. The Morgan fingerprint density at radius 3 is 3.00 bits per heavy atom.